The average molecular weight is 410 g/mol. The Labute approximate surface area is 179 Å². The van der Waals surface area contributed by atoms with Crippen molar-refractivity contribution in [1.29, 1.82) is 0 Å². The third kappa shape index (κ3) is 7.84. The molecular weight excluding hydrogens is 362 g/mol. The maximum atomic E-state index is 12.8. The Bertz CT molecular complexity index is 536. The maximum Gasteiger partial charge on any atom is 0.246 e. The van der Waals surface area contributed by atoms with Gasteiger partial charge in [0.1, 0.15) is 6.61 Å². The molecule has 0 saturated carbocycles. The van der Waals surface area contributed by atoms with Gasteiger partial charge in [-0.3, -0.25) is 4.79 Å². The Morgan fingerprint density at radius 2 is 1.34 bits per heavy atom. The number of amides is 1. The summed E-state index contributed by atoms with van der Waals surface area (Å²) in [6.07, 6.45) is 6.24. The first-order valence-electron chi connectivity index (χ1n) is 11.6. The number of piperidine rings is 2. The molecule has 1 atom stereocenters. The zero-order valence-corrected chi connectivity index (χ0v) is 20.5. The highest BCUT2D eigenvalue weighted by atomic mass is 16.5. The molecule has 2 aliphatic rings. The summed E-state index contributed by atoms with van der Waals surface area (Å²) in [7, 11) is 0. The first-order valence-corrected chi connectivity index (χ1v) is 11.6. The van der Waals surface area contributed by atoms with Crippen molar-refractivity contribution in [3.05, 3.63) is 0 Å². The summed E-state index contributed by atoms with van der Waals surface area (Å²) >= 11 is 0. The van der Waals surface area contributed by atoms with Crippen molar-refractivity contribution in [2.75, 3.05) is 6.61 Å². The molecule has 2 heterocycles. The van der Waals surface area contributed by atoms with Gasteiger partial charge in [-0.2, -0.15) is 0 Å². The zero-order valence-electron chi connectivity index (χ0n) is 20.5. The van der Waals surface area contributed by atoms with E-state index in [0.29, 0.717) is 5.92 Å². The lowest BCUT2D eigenvalue weighted by Gasteiger charge is -2.49. The van der Waals surface area contributed by atoms with Crippen LogP contribution in [0.1, 0.15) is 101 Å². The van der Waals surface area contributed by atoms with Crippen molar-refractivity contribution >= 4 is 5.91 Å². The second-order valence-electron chi connectivity index (χ2n) is 12.3. The summed E-state index contributed by atoms with van der Waals surface area (Å²) in [6.45, 7) is 20.3. The van der Waals surface area contributed by atoms with Crippen molar-refractivity contribution in [3.63, 3.8) is 0 Å². The van der Waals surface area contributed by atoms with E-state index < -0.39 is 0 Å². The number of ether oxygens (including phenoxy) is 1. The Hall–Kier alpha value is -0.650. The minimum absolute atomic E-state index is 0.0277. The summed E-state index contributed by atoms with van der Waals surface area (Å²) in [5.41, 5.74) is 0.234. The number of hydrogen-bond acceptors (Lipinski definition) is 4. The lowest BCUT2D eigenvalue weighted by atomic mass is 9.72. The Morgan fingerprint density at radius 3 is 1.79 bits per heavy atom. The minimum Gasteiger partial charge on any atom is -0.368 e. The van der Waals surface area contributed by atoms with Crippen molar-refractivity contribution in [2.24, 2.45) is 5.92 Å². The lowest BCUT2D eigenvalue weighted by molar-refractivity contribution is -0.131. The molecule has 0 spiro atoms. The summed E-state index contributed by atoms with van der Waals surface area (Å²) in [5.74, 6) is 0.522. The SMILES string of the molecule is CCCC(NC(=O)COC1CC(C)(C)NC(C)(C)C1)C1CC(C)(C)NC(C)(C)C1. The monoisotopic (exact) mass is 409 g/mol. The van der Waals surface area contributed by atoms with Gasteiger partial charge in [-0.05, 0) is 93.4 Å². The van der Waals surface area contributed by atoms with Crippen LogP contribution < -0.4 is 16.0 Å². The molecule has 0 aromatic carbocycles. The average Bonchev–Trinajstić information content (AvgIpc) is 2.46. The summed E-state index contributed by atoms with van der Waals surface area (Å²) in [4.78, 5) is 12.8. The molecule has 3 N–H and O–H groups in total. The molecule has 0 aliphatic carbocycles. The fourth-order valence-corrected chi connectivity index (χ4v) is 6.21. The van der Waals surface area contributed by atoms with Gasteiger partial charge >= 0.3 is 0 Å². The van der Waals surface area contributed by atoms with Gasteiger partial charge in [0, 0.05) is 28.2 Å². The molecule has 29 heavy (non-hydrogen) atoms. The van der Waals surface area contributed by atoms with Crippen LogP contribution in [0.3, 0.4) is 0 Å². The van der Waals surface area contributed by atoms with Gasteiger partial charge < -0.3 is 20.7 Å². The van der Waals surface area contributed by atoms with E-state index in [4.69, 9.17) is 4.74 Å². The van der Waals surface area contributed by atoms with E-state index in [1.54, 1.807) is 0 Å². The van der Waals surface area contributed by atoms with Gasteiger partial charge in [-0.15, -0.1) is 0 Å². The van der Waals surface area contributed by atoms with Crippen LogP contribution in [0.4, 0.5) is 0 Å². The second-order valence-corrected chi connectivity index (χ2v) is 12.3. The summed E-state index contributed by atoms with van der Waals surface area (Å²) in [6, 6.07) is 0.220. The molecule has 0 aromatic rings. The van der Waals surface area contributed by atoms with E-state index in [1.165, 1.54) is 0 Å². The van der Waals surface area contributed by atoms with Crippen molar-refractivity contribution in [2.45, 2.75) is 135 Å². The number of nitrogens with one attached hydrogen (secondary N) is 3. The normalized spacial score (nSPS) is 27.3. The van der Waals surface area contributed by atoms with Crippen LogP contribution in [0.2, 0.25) is 0 Å². The van der Waals surface area contributed by atoms with E-state index in [0.717, 1.165) is 38.5 Å². The smallest absolute Gasteiger partial charge is 0.246 e. The van der Waals surface area contributed by atoms with Gasteiger partial charge in [-0.1, -0.05) is 13.3 Å². The summed E-state index contributed by atoms with van der Waals surface area (Å²) in [5, 5.41) is 10.8. The van der Waals surface area contributed by atoms with E-state index in [2.05, 4.69) is 78.3 Å². The number of carbonyl (C=O) groups is 1. The third-order valence-electron chi connectivity index (χ3n) is 6.34. The van der Waals surface area contributed by atoms with E-state index >= 15 is 0 Å². The van der Waals surface area contributed by atoms with E-state index in [-0.39, 0.29) is 46.8 Å². The highest BCUT2D eigenvalue weighted by Crippen LogP contribution is 2.36. The summed E-state index contributed by atoms with van der Waals surface area (Å²) < 4.78 is 6.10. The van der Waals surface area contributed by atoms with E-state index in [9.17, 15) is 4.79 Å². The molecule has 0 aromatic heterocycles. The number of rotatable bonds is 7. The van der Waals surface area contributed by atoms with Gasteiger partial charge in [0.15, 0.2) is 0 Å². The van der Waals surface area contributed by atoms with Crippen molar-refractivity contribution < 1.29 is 9.53 Å². The quantitative estimate of drug-likeness (QED) is 0.591. The molecule has 0 bridgehead atoms. The van der Waals surface area contributed by atoms with Crippen molar-refractivity contribution in [3.8, 4) is 0 Å². The Balaban J connectivity index is 1.94. The van der Waals surface area contributed by atoms with Crippen LogP contribution >= 0.6 is 0 Å². The second kappa shape index (κ2) is 8.84. The van der Waals surface area contributed by atoms with Crippen LogP contribution in [0.15, 0.2) is 0 Å². The fourth-order valence-electron chi connectivity index (χ4n) is 6.21. The number of hydrogen-bond donors (Lipinski definition) is 3. The van der Waals surface area contributed by atoms with Crippen LogP contribution in [0.25, 0.3) is 0 Å². The molecule has 1 amide bonds. The van der Waals surface area contributed by atoms with Crippen LogP contribution in [-0.2, 0) is 9.53 Å². The molecular formula is C24H47N3O2. The Kier molecular flexibility index (Phi) is 7.50. The van der Waals surface area contributed by atoms with E-state index in [1.807, 2.05) is 0 Å². The maximum absolute atomic E-state index is 12.8. The lowest BCUT2D eigenvalue weighted by Crippen LogP contribution is -2.61. The fraction of sp³-hybridized carbons (Fsp3) is 0.958. The molecule has 2 fully saturated rings. The Morgan fingerprint density at radius 1 is 0.897 bits per heavy atom. The van der Waals surface area contributed by atoms with Crippen LogP contribution in [-0.4, -0.2) is 46.8 Å². The molecule has 2 rings (SSSR count). The van der Waals surface area contributed by atoms with Gasteiger partial charge in [0.05, 0.1) is 6.10 Å². The largest absolute Gasteiger partial charge is 0.368 e. The minimum atomic E-state index is 0.0277. The first kappa shape index (κ1) is 24.6. The van der Waals surface area contributed by atoms with Crippen molar-refractivity contribution in [1.82, 2.24) is 16.0 Å². The third-order valence-corrected chi connectivity index (χ3v) is 6.34. The molecule has 1 unspecified atom stereocenters. The van der Waals surface area contributed by atoms with Gasteiger partial charge in [0.2, 0.25) is 5.91 Å². The first-order chi connectivity index (χ1) is 13.1. The highest BCUT2D eigenvalue weighted by molar-refractivity contribution is 5.77. The highest BCUT2D eigenvalue weighted by Gasteiger charge is 2.41. The predicted molar refractivity (Wildman–Crippen MR) is 121 cm³/mol. The number of carbonyl (C=O) groups excluding carboxylic acids is 1. The molecule has 2 aliphatic heterocycles. The predicted octanol–water partition coefficient (Wildman–Crippen LogP) is 4.15. The molecule has 5 heteroatoms. The zero-order chi connectivity index (χ0) is 22.1. The topological polar surface area (TPSA) is 62.4 Å². The van der Waals surface area contributed by atoms with Gasteiger partial charge in [0.25, 0.3) is 0 Å². The standard InChI is InChI=1S/C24H47N3O2/c1-10-11-19(17-12-21(2,3)26-22(4,5)13-17)25-20(28)16-29-18-14-23(6,7)27-24(8,9)15-18/h17-19,26-27H,10-16H2,1-9H3,(H,25,28). The molecule has 5 nitrogen and oxygen atoms in total. The molecule has 2 saturated heterocycles. The van der Waals surface area contributed by atoms with Crippen LogP contribution in [0.5, 0.6) is 0 Å². The van der Waals surface area contributed by atoms with Crippen LogP contribution in [0, 0.1) is 5.92 Å². The van der Waals surface area contributed by atoms with Gasteiger partial charge in [-0.25, -0.2) is 0 Å². The molecule has 0 radical (unpaired) electrons. The molecule has 170 valence electrons.